The summed E-state index contributed by atoms with van der Waals surface area (Å²) in [4.78, 5) is 8.53. The van der Waals surface area contributed by atoms with Crippen molar-refractivity contribution in [1.29, 1.82) is 0 Å². The van der Waals surface area contributed by atoms with Crippen LogP contribution in [0.25, 0.3) is 0 Å². The highest BCUT2D eigenvalue weighted by atomic mass is 127. The number of hydrogen-bond acceptors (Lipinski definition) is 5. The maximum atomic E-state index is 11.3. The van der Waals surface area contributed by atoms with Gasteiger partial charge in [-0.25, -0.2) is 18.4 Å². The first-order valence-corrected chi connectivity index (χ1v) is 8.48. The summed E-state index contributed by atoms with van der Waals surface area (Å²) in [6.45, 7) is 4.71. The number of sulfone groups is 1. The number of nitrogens with zero attached hydrogens (tertiary/aromatic N) is 2. The van der Waals surface area contributed by atoms with Gasteiger partial charge in [-0.15, -0.1) is 0 Å². The van der Waals surface area contributed by atoms with Crippen LogP contribution in [0.5, 0.6) is 0 Å². The minimum absolute atomic E-state index is 0.116. The maximum Gasteiger partial charge on any atom is 0.154 e. The Labute approximate surface area is 115 Å². The summed E-state index contributed by atoms with van der Waals surface area (Å²) in [5.74, 6) is 0.967. The second kappa shape index (κ2) is 5.94. The van der Waals surface area contributed by atoms with Crippen LogP contribution in [-0.2, 0) is 22.0 Å². The van der Waals surface area contributed by atoms with E-state index in [2.05, 4.69) is 37.9 Å². The average Bonchev–Trinajstić information content (AvgIpc) is 2.20. The predicted octanol–water partition coefficient (Wildman–Crippen LogP) is 1.62. The van der Waals surface area contributed by atoms with Crippen LogP contribution in [0, 0.1) is 3.57 Å². The first-order chi connectivity index (χ1) is 7.87. The zero-order valence-corrected chi connectivity index (χ0v) is 13.1. The van der Waals surface area contributed by atoms with Crippen LogP contribution in [-0.4, -0.2) is 31.2 Å². The summed E-state index contributed by atoms with van der Waals surface area (Å²) in [5.41, 5.74) is 0.884. The van der Waals surface area contributed by atoms with Gasteiger partial charge >= 0.3 is 0 Å². The van der Waals surface area contributed by atoms with E-state index >= 15 is 0 Å². The highest BCUT2D eigenvalue weighted by molar-refractivity contribution is 14.1. The summed E-state index contributed by atoms with van der Waals surface area (Å²) >= 11 is 2.18. The third kappa shape index (κ3) is 4.38. The molecule has 0 atom stereocenters. The van der Waals surface area contributed by atoms with Gasteiger partial charge in [0.2, 0.25) is 0 Å². The van der Waals surface area contributed by atoms with E-state index in [1.807, 2.05) is 13.8 Å². The normalized spacial score (nSPS) is 11.5. The standard InChI is InChI=1S/C10H16IN3O2S/c1-4-7-9(11)10(12-5-2)14-8(13-7)6-17(3,15)16/h4-6H2,1-3H3,(H,12,13,14). The number of rotatable bonds is 5. The van der Waals surface area contributed by atoms with Crippen molar-refractivity contribution in [2.75, 3.05) is 18.1 Å². The van der Waals surface area contributed by atoms with Gasteiger partial charge in [0, 0.05) is 12.8 Å². The predicted molar refractivity (Wildman–Crippen MR) is 76.8 cm³/mol. The molecule has 1 heterocycles. The van der Waals surface area contributed by atoms with Crippen molar-refractivity contribution in [1.82, 2.24) is 9.97 Å². The zero-order chi connectivity index (χ0) is 13.1. The Morgan fingerprint density at radius 3 is 2.41 bits per heavy atom. The molecule has 17 heavy (non-hydrogen) atoms. The molecular weight excluding hydrogens is 353 g/mol. The number of anilines is 1. The molecule has 0 aromatic carbocycles. The molecule has 0 saturated heterocycles. The molecule has 0 saturated carbocycles. The molecule has 0 bridgehead atoms. The first-order valence-electron chi connectivity index (χ1n) is 5.34. The van der Waals surface area contributed by atoms with Crippen molar-refractivity contribution in [3.8, 4) is 0 Å². The highest BCUT2D eigenvalue weighted by Crippen LogP contribution is 2.20. The molecule has 1 aromatic rings. The van der Waals surface area contributed by atoms with Gasteiger partial charge in [0.1, 0.15) is 17.4 Å². The van der Waals surface area contributed by atoms with Gasteiger partial charge in [-0.3, -0.25) is 0 Å². The maximum absolute atomic E-state index is 11.3. The fourth-order valence-corrected chi connectivity index (χ4v) is 2.77. The molecular formula is C10H16IN3O2S. The van der Waals surface area contributed by atoms with E-state index in [1.54, 1.807) is 0 Å². The lowest BCUT2D eigenvalue weighted by molar-refractivity contribution is 0.599. The van der Waals surface area contributed by atoms with E-state index in [1.165, 1.54) is 6.26 Å². The topological polar surface area (TPSA) is 72.0 Å². The Morgan fingerprint density at radius 1 is 1.29 bits per heavy atom. The molecule has 1 N–H and O–H groups in total. The lowest BCUT2D eigenvalue weighted by Crippen LogP contribution is -2.12. The van der Waals surface area contributed by atoms with Crippen LogP contribution in [0.1, 0.15) is 25.4 Å². The average molecular weight is 369 g/mol. The van der Waals surface area contributed by atoms with Crippen molar-refractivity contribution in [2.45, 2.75) is 26.0 Å². The summed E-state index contributed by atoms with van der Waals surface area (Å²) < 4.78 is 23.5. The molecule has 7 heteroatoms. The number of nitrogens with one attached hydrogen (secondary N) is 1. The smallest absolute Gasteiger partial charge is 0.154 e. The molecule has 0 aliphatic heterocycles. The van der Waals surface area contributed by atoms with Crippen LogP contribution in [0.2, 0.25) is 0 Å². The molecule has 0 unspecified atom stereocenters. The number of halogens is 1. The summed E-state index contributed by atoms with van der Waals surface area (Å²) in [6, 6.07) is 0. The van der Waals surface area contributed by atoms with Crippen molar-refractivity contribution < 1.29 is 8.42 Å². The minimum Gasteiger partial charge on any atom is -0.369 e. The van der Waals surface area contributed by atoms with Crippen LogP contribution < -0.4 is 5.32 Å². The van der Waals surface area contributed by atoms with Gasteiger partial charge in [-0.2, -0.15) is 0 Å². The molecule has 0 amide bonds. The lowest BCUT2D eigenvalue weighted by Gasteiger charge is -2.10. The molecule has 96 valence electrons. The lowest BCUT2D eigenvalue weighted by atomic mass is 10.3. The van der Waals surface area contributed by atoms with Gasteiger partial charge in [-0.1, -0.05) is 6.92 Å². The van der Waals surface area contributed by atoms with E-state index in [0.717, 1.165) is 28.0 Å². The fourth-order valence-electron chi connectivity index (χ4n) is 1.36. The van der Waals surface area contributed by atoms with Crippen molar-refractivity contribution >= 4 is 38.2 Å². The van der Waals surface area contributed by atoms with E-state index in [4.69, 9.17) is 0 Å². The second-order valence-electron chi connectivity index (χ2n) is 3.70. The van der Waals surface area contributed by atoms with Gasteiger partial charge < -0.3 is 5.32 Å². The third-order valence-electron chi connectivity index (χ3n) is 2.04. The number of hydrogen-bond donors (Lipinski definition) is 1. The van der Waals surface area contributed by atoms with Gasteiger partial charge in [-0.05, 0) is 35.9 Å². The van der Waals surface area contributed by atoms with Crippen LogP contribution in [0.4, 0.5) is 5.82 Å². The van der Waals surface area contributed by atoms with Crippen LogP contribution in [0.15, 0.2) is 0 Å². The van der Waals surface area contributed by atoms with Crippen molar-refractivity contribution in [3.63, 3.8) is 0 Å². The molecule has 0 radical (unpaired) electrons. The molecule has 1 rings (SSSR count). The van der Waals surface area contributed by atoms with E-state index in [9.17, 15) is 8.42 Å². The SMILES string of the molecule is CCNc1nc(CS(C)(=O)=O)nc(CC)c1I. The molecule has 1 aromatic heterocycles. The van der Waals surface area contributed by atoms with Gasteiger partial charge in [0.25, 0.3) is 0 Å². The van der Waals surface area contributed by atoms with Gasteiger partial charge in [0.05, 0.1) is 9.26 Å². The molecule has 0 aliphatic rings. The molecule has 0 fully saturated rings. The zero-order valence-electron chi connectivity index (χ0n) is 10.1. The molecule has 5 nitrogen and oxygen atoms in total. The Morgan fingerprint density at radius 2 is 1.94 bits per heavy atom. The largest absolute Gasteiger partial charge is 0.369 e. The van der Waals surface area contributed by atoms with E-state index in [0.29, 0.717) is 5.82 Å². The number of aryl methyl sites for hydroxylation is 1. The summed E-state index contributed by atoms with van der Waals surface area (Å²) in [7, 11) is -3.10. The van der Waals surface area contributed by atoms with Gasteiger partial charge in [0.15, 0.2) is 9.84 Å². The second-order valence-corrected chi connectivity index (χ2v) is 6.92. The minimum atomic E-state index is -3.10. The first kappa shape index (κ1) is 14.6. The number of aromatic nitrogens is 2. The quantitative estimate of drug-likeness (QED) is 0.799. The monoisotopic (exact) mass is 369 g/mol. The Bertz CT molecular complexity index is 503. The molecule has 0 aliphatic carbocycles. The molecule has 0 spiro atoms. The summed E-state index contributed by atoms with van der Waals surface area (Å²) in [6.07, 6.45) is 1.95. The summed E-state index contributed by atoms with van der Waals surface area (Å²) in [5, 5.41) is 3.12. The Hall–Kier alpha value is -0.440. The van der Waals surface area contributed by atoms with E-state index in [-0.39, 0.29) is 5.75 Å². The Kier molecular flexibility index (Phi) is 5.11. The fraction of sp³-hybridized carbons (Fsp3) is 0.600. The van der Waals surface area contributed by atoms with Crippen molar-refractivity contribution in [3.05, 3.63) is 15.1 Å². The van der Waals surface area contributed by atoms with Crippen molar-refractivity contribution in [2.24, 2.45) is 0 Å². The Balaban J connectivity index is 3.20. The van der Waals surface area contributed by atoms with Crippen LogP contribution >= 0.6 is 22.6 Å². The highest BCUT2D eigenvalue weighted by Gasteiger charge is 2.13. The third-order valence-corrected chi connectivity index (χ3v) is 3.95. The van der Waals surface area contributed by atoms with Crippen LogP contribution in [0.3, 0.4) is 0 Å². The van der Waals surface area contributed by atoms with E-state index < -0.39 is 9.84 Å².